The van der Waals surface area contributed by atoms with E-state index in [9.17, 15) is 9.18 Å². The predicted molar refractivity (Wildman–Crippen MR) is 68.0 cm³/mol. The Morgan fingerprint density at radius 3 is 2.82 bits per heavy atom. The van der Waals surface area contributed by atoms with E-state index < -0.39 is 5.82 Å². The monoisotopic (exact) mass is 303 g/mol. The second-order valence-corrected chi connectivity index (χ2v) is 4.18. The van der Waals surface area contributed by atoms with Crippen molar-refractivity contribution in [1.82, 2.24) is 5.32 Å². The van der Waals surface area contributed by atoms with Crippen molar-refractivity contribution in [1.29, 1.82) is 0 Å². The molecule has 3 nitrogen and oxygen atoms in total. The van der Waals surface area contributed by atoms with Crippen molar-refractivity contribution >= 4 is 21.8 Å². The summed E-state index contributed by atoms with van der Waals surface area (Å²) in [6.45, 7) is 1.72. The summed E-state index contributed by atoms with van der Waals surface area (Å²) < 4.78 is 18.4. The van der Waals surface area contributed by atoms with Crippen LogP contribution in [0.25, 0.3) is 0 Å². The molecule has 0 aromatic heterocycles. The highest BCUT2D eigenvalue weighted by Crippen LogP contribution is 2.05. The summed E-state index contributed by atoms with van der Waals surface area (Å²) in [6.07, 6.45) is 0.715. The Labute approximate surface area is 108 Å². The number of ether oxygens (including phenoxy) is 1. The van der Waals surface area contributed by atoms with E-state index in [-0.39, 0.29) is 11.5 Å². The molecule has 0 aliphatic rings. The lowest BCUT2D eigenvalue weighted by Crippen LogP contribution is -2.26. The third kappa shape index (κ3) is 5.28. The zero-order valence-corrected chi connectivity index (χ0v) is 11.0. The molecule has 0 saturated heterocycles. The summed E-state index contributed by atoms with van der Waals surface area (Å²) in [4.78, 5) is 11.6. The van der Waals surface area contributed by atoms with E-state index >= 15 is 0 Å². The Hall–Kier alpha value is -0.940. The average molecular weight is 304 g/mol. The van der Waals surface area contributed by atoms with Gasteiger partial charge in [-0.1, -0.05) is 28.1 Å². The maximum Gasteiger partial charge on any atom is 0.254 e. The van der Waals surface area contributed by atoms with Crippen LogP contribution in [-0.4, -0.2) is 31.0 Å². The lowest BCUT2D eigenvalue weighted by Gasteiger charge is -2.06. The topological polar surface area (TPSA) is 38.3 Å². The number of halogens is 2. The molecular weight excluding hydrogens is 289 g/mol. The van der Waals surface area contributed by atoms with Crippen molar-refractivity contribution < 1.29 is 13.9 Å². The molecule has 0 unspecified atom stereocenters. The predicted octanol–water partition coefficient (Wildman–Crippen LogP) is 2.36. The van der Waals surface area contributed by atoms with Crippen LogP contribution in [0.4, 0.5) is 4.39 Å². The highest BCUT2D eigenvalue weighted by atomic mass is 79.9. The van der Waals surface area contributed by atoms with Gasteiger partial charge in [-0.2, -0.15) is 0 Å². The summed E-state index contributed by atoms with van der Waals surface area (Å²) in [7, 11) is 0. The number of carbonyl (C=O) groups is 1. The second kappa shape index (κ2) is 8.20. The van der Waals surface area contributed by atoms with E-state index in [4.69, 9.17) is 4.74 Å². The van der Waals surface area contributed by atoms with Crippen LogP contribution in [0.5, 0.6) is 0 Å². The van der Waals surface area contributed by atoms with Gasteiger partial charge in [0, 0.05) is 18.5 Å². The van der Waals surface area contributed by atoms with Gasteiger partial charge < -0.3 is 10.1 Å². The highest BCUT2D eigenvalue weighted by Gasteiger charge is 2.09. The average Bonchev–Trinajstić information content (AvgIpc) is 2.34. The Bertz CT molecular complexity index is 360. The Morgan fingerprint density at radius 1 is 1.35 bits per heavy atom. The quantitative estimate of drug-likeness (QED) is 0.620. The van der Waals surface area contributed by atoms with Crippen molar-refractivity contribution in [2.45, 2.75) is 6.42 Å². The third-order valence-corrected chi connectivity index (χ3v) is 2.41. The Morgan fingerprint density at radius 2 is 2.12 bits per heavy atom. The van der Waals surface area contributed by atoms with Crippen LogP contribution >= 0.6 is 15.9 Å². The fourth-order valence-electron chi connectivity index (χ4n) is 1.27. The smallest absolute Gasteiger partial charge is 0.254 e. The first-order valence-electron chi connectivity index (χ1n) is 5.42. The fraction of sp³-hybridized carbons (Fsp3) is 0.417. The van der Waals surface area contributed by atoms with E-state index in [2.05, 4.69) is 21.2 Å². The van der Waals surface area contributed by atoms with Crippen LogP contribution in [0, 0.1) is 5.82 Å². The number of carbonyl (C=O) groups excluding carboxylic acids is 1. The molecule has 0 fully saturated rings. The van der Waals surface area contributed by atoms with Crippen molar-refractivity contribution in [3.8, 4) is 0 Å². The van der Waals surface area contributed by atoms with Crippen molar-refractivity contribution in [3.05, 3.63) is 35.6 Å². The minimum Gasteiger partial charge on any atom is -0.381 e. The first-order valence-corrected chi connectivity index (χ1v) is 6.54. The summed E-state index contributed by atoms with van der Waals surface area (Å²) in [5.74, 6) is -0.885. The van der Waals surface area contributed by atoms with E-state index in [0.29, 0.717) is 26.2 Å². The molecule has 1 aromatic rings. The standard InChI is InChI=1S/C12H15BrFNO2/c13-6-9-17-8-3-7-15-12(16)10-4-1-2-5-11(10)14/h1-2,4-5H,3,6-9H2,(H,15,16). The molecule has 0 saturated carbocycles. The molecule has 1 aromatic carbocycles. The minimum absolute atomic E-state index is 0.0777. The number of rotatable bonds is 7. The normalized spacial score (nSPS) is 10.2. The molecule has 0 atom stereocenters. The van der Waals surface area contributed by atoms with Crippen LogP contribution in [0.3, 0.4) is 0 Å². The number of hydrogen-bond donors (Lipinski definition) is 1. The largest absolute Gasteiger partial charge is 0.381 e. The van der Waals surface area contributed by atoms with Gasteiger partial charge in [0.15, 0.2) is 0 Å². The zero-order valence-electron chi connectivity index (χ0n) is 9.42. The summed E-state index contributed by atoms with van der Waals surface area (Å²) in [5.41, 5.74) is 0.0777. The van der Waals surface area contributed by atoms with Gasteiger partial charge in [-0.3, -0.25) is 4.79 Å². The molecule has 1 rings (SSSR count). The number of benzene rings is 1. The van der Waals surface area contributed by atoms with Crippen LogP contribution in [0.15, 0.2) is 24.3 Å². The molecule has 94 valence electrons. The van der Waals surface area contributed by atoms with Gasteiger partial charge >= 0.3 is 0 Å². The van der Waals surface area contributed by atoms with Crippen molar-refractivity contribution in [3.63, 3.8) is 0 Å². The first-order chi connectivity index (χ1) is 8.25. The minimum atomic E-state index is -0.500. The van der Waals surface area contributed by atoms with Gasteiger partial charge in [-0.25, -0.2) is 4.39 Å². The number of nitrogens with one attached hydrogen (secondary N) is 1. The molecule has 0 heterocycles. The Kier molecular flexibility index (Phi) is 6.81. The lowest BCUT2D eigenvalue weighted by atomic mass is 10.2. The van der Waals surface area contributed by atoms with Gasteiger partial charge in [0.2, 0.25) is 0 Å². The maximum atomic E-state index is 13.2. The fourth-order valence-corrected chi connectivity index (χ4v) is 1.50. The van der Waals surface area contributed by atoms with Crippen molar-refractivity contribution in [2.24, 2.45) is 0 Å². The van der Waals surface area contributed by atoms with Gasteiger partial charge in [0.1, 0.15) is 5.82 Å². The molecule has 0 aliphatic carbocycles. The molecular formula is C12H15BrFNO2. The van der Waals surface area contributed by atoms with Crippen LogP contribution in [0.1, 0.15) is 16.8 Å². The third-order valence-electron chi connectivity index (χ3n) is 2.09. The van der Waals surface area contributed by atoms with E-state index in [1.165, 1.54) is 12.1 Å². The molecule has 0 radical (unpaired) electrons. The van der Waals surface area contributed by atoms with E-state index in [0.717, 1.165) is 5.33 Å². The summed E-state index contributed by atoms with van der Waals surface area (Å²) in [6, 6.07) is 5.93. The van der Waals surface area contributed by atoms with Gasteiger partial charge in [0.25, 0.3) is 5.91 Å². The summed E-state index contributed by atoms with van der Waals surface area (Å²) >= 11 is 3.24. The molecule has 17 heavy (non-hydrogen) atoms. The number of hydrogen-bond acceptors (Lipinski definition) is 2. The molecule has 0 spiro atoms. The van der Waals surface area contributed by atoms with Gasteiger partial charge in [-0.15, -0.1) is 0 Å². The first kappa shape index (κ1) is 14.1. The van der Waals surface area contributed by atoms with Gasteiger partial charge in [0.05, 0.1) is 12.2 Å². The molecule has 1 N–H and O–H groups in total. The molecule has 0 aliphatic heterocycles. The molecule has 5 heteroatoms. The van der Waals surface area contributed by atoms with E-state index in [1.54, 1.807) is 12.1 Å². The number of amides is 1. The number of alkyl halides is 1. The van der Waals surface area contributed by atoms with Crippen LogP contribution in [0.2, 0.25) is 0 Å². The Balaban J connectivity index is 2.24. The van der Waals surface area contributed by atoms with Gasteiger partial charge in [-0.05, 0) is 18.6 Å². The SMILES string of the molecule is O=C(NCCCOCCBr)c1ccccc1F. The van der Waals surface area contributed by atoms with Crippen LogP contribution in [-0.2, 0) is 4.74 Å². The maximum absolute atomic E-state index is 13.2. The lowest BCUT2D eigenvalue weighted by molar-refractivity contribution is 0.0940. The second-order valence-electron chi connectivity index (χ2n) is 3.39. The van der Waals surface area contributed by atoms with Crippen molar-refractivity contribution in [2.75, 3.05) is 25.1 Å². The van der Waals surface area contributed by atoms with E-state index in [1.807, 2.05) is 0 Å². The molecule has 0 bridgehead atoms. The zero-order chi connectivity index (χ0) is 12.5. The molecule has 1 amide bonds. The van der Waals surface area contributed by atoms with Crippen LogP contribution < -0.4 is 5.32 Å². The highest BCUT2D eigenvalue weighted by molar-refractivity contribution is 9.09. The summed E-state index contributed by atoms with van der Waals surface area (Å²) in [5, 5.41) is 3.45.